The highest BCUT2D eigenvalue weighted by Gasteiger charge is 2.25. The number of nitrogens with zero attached hydrogens (tertiary/aromatic N) is 3. The van der Waals surface area contributed by atoms with Crippen molar-refractivity contribution >= 4 is 11.6 Å². The molecule has 0 bridgehead atoms. The summed E-state index contributed by atoms with van der Waals surface area (Å²) in [6.07, 6.45) is 3.71. The van der Waals surface area contributed by atoms with E-state index in [0.717, 1.165) is 5.69 Å². The zero-order valence-electron chi connectivity index (χ0n) is 14.6. The fourth-order valence-corrected chi connectivity index (χ4v) is 2.40. The summed E-state index contributed by atoms with van der Waals surface area (Å²) in [6.45, 7) is 16.4. The van der Waals surface area contributed by atoms with E-state index in [2.05, 4.69) is 31.2 Å². The van der Waals surface area contributed by atoms with Gasteiger partial charge in [0.25, 0.3) is 0 Å². The van der Waals surface area contributed by atoms with Gasteiger partial charge in [-0.15, -0.1) is 0 Å². The van der Waals surface area contributed by atoms with E-state index >= 15 is 0 Å². The van der Waals surface area contributed by atoms with Crippen LogP contribution in [0, 0.1) is 0 Å². The van der Waals surface area contributed by atoms with E-state index in [0.29, 0.717) is 0 Å². The second-order valence-electron chi connectivity index (χ2n) is 7.14. The van der Waals surface area contributed by atoms with Crippen LogP contribution in [-0.2, 0) is 10.3 Å². The molecular formula is C16H30N4O. The summed E-state index contributed by atoms with van der Waals surface area (Å²) < 4.78 is 1.90. The third-order valence-corrected chi connectivity index (χ3v) is 3.39. The van der Waals surface area contributed by atoms with Crippen LogP contribution in [0.2, 0.25) is 0 Å². The van der Waals surface area contributed by atoms with Crippen molar-refractivity contribution in [2.24, 2.45) is 0 Å². The maximum Gasteiger partial charge on any atom is 0.245 e. The minimum Gasteiger partial charge on any atom is -0.371 e. The van der Waals surface area contributed by atoms with Crippen molar-refractivity contribution in [3.63, 3.8) is 0 Å². The standard InChI is InChI=1S/C16H30N4O/c1-11(2)20(12(3)4)15(21)13(5)18-14-9-17-19(10-14)16(6,7)8/h9-13,18H,1-8H3. The predicted molar refractivity (Wildman–Crippen MR) is 87.4 cm³/mol. The zero-order chi connectivity index (χ0) is 16.4. The summed E-state index contributed by atoms with van der Waals surface area (Å²) in [7, 11) is 0. The molecule has 1 amide bonds. The molecule has 1 N–H and O–H groups in total. The van der Waals surface area contributed by atoms with Crippen molar-refractivity contribution in [1.82, 2.24) is 14.7 Å². The number of amides is 1. The molecule has 1 atom stereocenters. The highest BCUT2D eigenvalue weighted by Crippen LogP contribution is 2.17. The highest BCUT2D eigenvalue weighted by atomic mass is 16.2. The van der Waals surface area contributed by atoms with Crippen molar-refractivity contribution in [3.05, 3.63) is 12.4 Å². The topological polar surface area (TPSA) is 50.2 Å². The minimum atomic E-state index is -0.271. The molecular weight excluding hydrogens is 264 g/mol. The minimum absolute atomic E-state index is 0.0604. The largest absolute Gasteiger partial charge is 0.371 e. The zero-order valence-corrected chi connectivity index (χ0v) is 14.6. The van der Waals surface area contributed by atoms with Gasteiger partial charge in [-0.1, -0.05) is 0 Å². The molecule has 0 spiro atoms. The van der Waals surface area contributed by atoms with Crippen molar-refractivity contribution in [2.75, 3.05) is 5.32 Å². The summed E-state index contributed by atoms with van der Waals surface area (Å²) in [5, 5.41) is 7.59. The maximum absolute atomic E-state index is 12.6. The summed E-state index contributed by atoms with van der Waals surface area (Å²) >= 11 is 0. The molecule has 0 radical (unpaired) electrons. The number of nitrogens with one attached hydrogen (secondary N) is 1. The molecule has 0 aliphatic heterocycles. The Kier molecular flexibility index (Phi) is 5.42. The van der Waals surface area contributed by atoms with Crippen LogP contribution in [0.3, 0.4) is 0 Å². The van der Waals surface area contributed by atoms with Gasteiger partial charge in [-0.25, -0.2) is 0 Å². The summed E-state index contributed by atoms with van der Waals surface area (Å²) in [6, 6.07) is 0.116. The van der Waals surface area contributed by atoms with Crippen molar-refractivity contribution in [1.29, 1.82) is 0 Å². The van der Waals surface area contributed by atoms with Gasteiger partial charge in [-0.05, 0) is 55.4 Å². The van der Waals surface area contributed by atoms with Crippen LogP contribution in [0.1, 0.15) is 55.4 Å². The second-order valence-corrected chi connectivity index (χ2v) is 7.14. The first-order chi connectivity index (χ1) is 9.54. The van der Waals surface area contributed by atoms with E-state index in [9.17, 15) is 4.79 Å². The van der Waals surface area contributed by atoms with Crippen LogP contribution in [0.5, 0.6) is 0 Å². The van der Waals surface area contributed by atoms with Crippen LogP contribution in [0.25, 0.3) is 0 Å². The lowest BCUT2D eigenvalue weighted by Gasteiger charge is -2.33. The molecule has 1 aromatic heterocycles. The molecule has 0 aliphatic rings. The van der Waals surface area contributed by atoms with Gasteiger partial charge in [-0.2, -0.15) is 5.10 Å². The normalized spacial score (nSPS) is 13.6. The summed E-state index contributed by atoms with van der Waals surface area (Å²) in [4.78, 5) is 14.5. The number of anilines is 1. The molecule has 1 rings (SSSR count). The van der Waals surface area contributed by atoms with Crippen LogP contribution < -0.4 is 5.32 Å². The lowest BCUT2D eigenvalue weighted by Crippen LogP contribution is -2.48. The number of carbonyl (C=O) groups excluding carboxylic acids is 1. The Balaban J connectivity index is 2.78. The molecule has 0 saturated heterocycles. The average Bonchev–Trinajstić information content (AvgIpc) is 2.75. The SMILES string of the molecule is CC(Nc1cnn(C(C)(C)C)c1)C(=O)N(C(C)C)C(C)C. The van der Waals surface area contributed by atoms with Gasteiger partial charge in [-0.3, -0.25) is 9.48 Å². The van der Waals surface area contributed by atoms with Gasteiger partial charge in [0.15, 0.2) is 0 Å². The van der Waals surface area contributed by atoms with Gasteiger partial charge in [0.2, 0.25) is 5.91 Å². The summed E-state index contributed by atoms with van der Waals surface area (Å²) in [5.41, 5.74) is 0.813. The van der Waals surface area contributed by atoms with Crippen LogP contribution in [0.4, 0.5) is 5.69 Å². The Morgan fingerprint density at radius 2 is 1.71 bits per heavy atom. The van der Waals surface area contributed by atoms with Crippen molar-refractivity contribution in [3.8, 4) is 0 Å². The monoisotopic (exact) mass is 294 g/mol. The number of rotatable bonds is 5. The molecule has 0 aliphatic carbocycles. The highest BCUT2D eigenvalue weighted by molar-refractivity contribution is 5.84. The van der Waals surface area contributed by atoms with Crippen LogP contribution >= 0.6 is 0 Å². The average molecular weight is 294 g/mol. The van der Waals surface area contributed by atoms with E-state index in [1.165, 1.54) is 0 Å². The van der Waals surface area contributed by atoms with Crippen LogP contribution in [0.15, 0.2) is 12.4 Å². The molecule has 21 heavy (non-hydrogen) atoms. The molecule has 5 heteroatoms. The van der Waals surface area contributed by atoms with Gasteiger partial charge >= 0.3 is 0 Å². The van der Waals surface area contributed by atoms with E-state index in [1.54, 1.807) is 6.20 Å². The number of aromatic nitrogens is 2. The Labute approximate surface area is 128 Å². The lowest BCUT2D eigenvalue weighted by atomic mass is 10.1. The predicted octanol–water partition coefficient (Wildman–Crippen LogP) is 3.08. The quantitative estimate of drug-likeness (QED) is 0.908. The Bertz CT molecular complexity index is 463. The number of hydrogen-bond acceptors (Lipinski definition) is 3. The number of hydrogen-bond donors (Lipinski definition) is 1. The molecule has 0 saturated carbocycles. The first-order valence-corrected chi connectivity index (χ1v) is 7.68. The summed E-state index contributed by atoms with van der Waals surface area (Å²) in [5.74, 6) is 0.114. The molecule has 120 valence electrons. The first kappa shape index (κ1) is 17.5. The molecule has 0 fully saturated rings. The molecule has 5 nitrogen and oxygen atoms in total. The van der Waals surface area contributed by atoms with Crippen molar-refractivity contribution < 1.29 is 4.79 Å². The Morgan fingerprint density at radius 3 is 2.10 bits per heavy atom. The number of carbonyl (C=O) groups is 1. The third kappa shape index (κ3) is 4.48. The van der Waals surface area contributed by atoms with E-state index in [1.807, 2.05) is 50.4 Å². The molecule has 1 heterocycles. The van der Waals surface area contributed by atoms with E-state index in [-0.39, 0.29) is 29.6 Å². The van der Waals surface area contributed by atoms with E-state index in [4.69, 9.17) is 0 Å². The Hall–Kier alpha value is -1.52. The van der Waals surface area contributed by atoms with Crippen molar-refractivity contribution in [2.45, 2.75) is 79.1 Å². The third-order valence-electron chi connectivity index (χ3n) is 3.39. The maximum atomic E-state index is 12.6. The fraction of sp³-hybridized carbons (Fsp3) is 0.750. The lowest BCUT2D eigenvalue weighted by molar-refractivity contribution is -0.135. The second kappa shape index (κ2) is 6.50. The van der Waals surface area contributed by atoms with Gasteiger partial charge in [0.05, 0.1) is 17.4 Å². The van der Waals surface area contributed by atoms with Gasteiger partial charge in [0, 0.05) is 18.3 Å². The molecule has 0 aromatic carbocycles. The van der Waals surface area contributed by atoms with Gasteiger partial charge < -0.3 is 10.2 Å². The molecule has 1 unspecified atom stereocenters. The Morgan fingerprint density at radius 1 is 1.19 bits per heavy atom. The first-order valence-electron chi connectivity index (χ1n) is 7.68. The van der Waals surface area contributed by atoms with Crippen LogP contribution in [-0.4, -0.2) is 38.7 Å². The van der Waals surface area contributed by atoms with E-state index < -0.39 is 0 Å². The fourth-order valence-electron chi connectivity index (χ4n) is 2.40. The van der Waals surface area contributed by atoms with Gasteiger partial charge in [0.1, 0.15) is 6.04 Å². The molecule has 1 aromatic rings. The smallest absolute Gasteiger partial charge is 0.245 e.